The molecule has 0 spiro atoms. The molecule has 0 nitrogen and oxygen atoms in total. The molecule has 0 saturated carbocycles. The number of hydrogen-bond donors (Lipinski definition) is 0. The Morgan fingerprint density at radius 2 is 0.333 bits per heavy atom. The predicted octanol–water partition coefficient (Wildman–Crippen LogP) is -0.771. The average molecular weight is 278 g/mol. The van der Waals surface area contributed by atoms with Crippen molar-refractivity contribution in [3.05, 3.63) is 0 Å². The van der Waals surface area contributed by atoms with E-state index in [-0.39, 0.29) is 89.9 Å². The maximum absolute atomic E-state index is 0. The summed E-state index contributed by atoms with van der Waals surface area (Å²) in [6.07, 6.45) is 0. The summed E-state index contributed by atoms with van der Waals surface area (Å²) in [5.41, 5.74) is 0. The van der Waals surface area contributed by atoms with E-state index in [2.05, 4.69) is 0 Å². The maximum Gasteiger partial charge on any atom is 3.00 e. The van der Waals surface area contributed by atoms with Gasteiger partial charge in [0.25, 0.3) is 0 Å². The van der Waals surface area contributed by atoms with Gasteiger partial charge in [-0.2, -0.15) is 0 Å². The molecule has 4 radical (unpaired) electrons. The Morgan fingerprint density at radius 1 is 0.333 bits per heavy atom. The molecule has 0 rings (SSSR count). The maximum atomic E-state index is 0. The standard InChI is InChI=1S/2As.4S/q2*+3;4*-2. The van der Waals surface area contributed by atoms with E-state index >= 15 is 0 Å². The van der Waals surface area contributed by atoms with Crippen LogP contribution in [0.15, 0.2) is 0 Å². The van der Waals surface area contributed by atoms with E-state index in [1.807, 2.05) is 0 Å². The average Bonchev–Trinajstić information content (AvgIpc) is 0. The van der Waals surface area contributed by atoms with Crippen molar-refractivity contribution in [1.82, 2.24) is 0 Å². The van der Waals surface area contributed by atoms with Gasteiger partial charge >= 0.3 is 35.9 Å². The molecule has 0 aromatic rings. The Balaban J connectivity index is 0. The fourth-order valence-electron chi connectivity index (χ4n) is 0. The van der Waals surface area contributed by atoms with Gasteiger partial charge in [-0.05, 0) is 0 Å². The zero-order chi connectivity index (χ0) is 0. The quantitative estimate of drug-likeness (QED) is 0.510. The molecule has 0 aromatic heterocycles. The van der Waals surface area contributed by atoms with Crippen molar-refractivity contribution in [2.75, 3.05) is 0 Å². The molecular formula is As2S4-2. The van der Waals surface area contributed by atoms with Gasteiger partial charge in [0.15, 0.2) is 0 Å². The van der Waals surface area contributed by atoms with Gasteiger partial charge < -0.3 is 54.0 Å². The Bertz CT molecular complexity index is 5.51. The van der Waals surface area contributed by atoms with Crippen LogP contribution in [0.5, 0.6) is 0 Å². The Labute approximate surface area is 89.0 Å². The minimum atomic E-state index is 0. The van der Waals surface area contributed by atoms with Gasteiger partial charge in [0, 0.05) is 0 Å². The Morgan fingerprint density at radius 3 is 0.333 bits per heavy atom. The van der Waals surface area contributed by atoms with Crippen molar-refractivity contribution >= 4 is 89.9 Å². The van der Waals surface area contributed by atoms with Gasteiger partial charge in [-0.15, -0.1) is 0 Å². The number of hydrogen-bond acceptors (Lipinski definition) is 0. The second kappa shape index (κ2) is 50.4. The second-order valence-electron chi connectivity index (χ2n) is 0. The van der Waals surface area contributed by atoms with E-state index in [0.717, 1.165) is 0 Å². The summed E-state index contributed by atoms with van der Waals surface area (Å²) < 4.78 is 0. The molecule has 0 atom stereocenters. The molecule has 0 aliphatic carbocycles. The SMILES string of the molecule is [As+3].[As+3].[S-2].[S-2].[S-2].[S-2]. The molecule has 0 bridgehead atoms. The van der Waals surface area contributed by atoms with Crippen LogP contribution in [0.25, 0.3) is 0 Å². The smallest absolute Gasteiger partial charge is 2.00 e. The molecule has 6 heavy (non-hydrogen) atoms. The van der Waals surface area contributed by atoms with Crippen molar-refractivity contribution in [2.24, 2.45) is 0 Å². The van der Waals surface area contributed by atoms with Crippen molar-refractivity contribution in [3.8, 4) is 0 Å². The second-order valence-corrected chi connectivity index (χ2v) is 0. The zero-order valence-electron chi connectivity index (χ0n) is 2.53. The molecule has 0 unspecified atom stereocenters. The van der Waals surface area contributed by atoms with Crippen LogP contribution < -0.4 is 0 Å². The van der Waals surface area contributed by atoms with Crippen LogP contribution in [-0.4, -0.2) is 35.9 Å². The zero-order valence-corrected chi connectivity index (χ0v) is 9.55. The summed E-state index contributed by atoms with van der Waals surface area (Å²) in [5, 5.41) is 0. The fraction of sp³-hybridized carbons (Fsp3) is 0. The first kappa shape index (κ1) is 76.0. The topological polar surface area (TPSA) is 0 Å². The van der Waals surface area contributed by atoms with Crippen LogP contribution in [0.4, 0.5) is 0 Å². The normalized spacial score (nSPS) is 0. The Kier molecular flexibility index (Phi) is 638. The summed E-state index contributed by atoms with van der Waals surface area (Å²) in [5.74, 6) is 0. The van der Waals surface area contributed by atoms with Gasteiger partial charge in [0.2, 0.25) is 0 Å². The van der Waals surface area contributed by atoms with Gasteiger partial charge in [0.05, 0.1) is 0 Å². The third-order valence-electron chi connectivity index (χ3n) is 0. The van der Waals surface area contributed by atoms with Crippen LogP contribution >= 0.6 is 0 Å². The summed E-state index contributed by atoms with van der Waals surface area (Å²) in [7, 11) is 0. The van der Waals surface area contributed by atoms with Crippen molar-refractivity contribution in [1.29, 1.82) is 0 Å². The van der Waals surface area contributed by atoms with Crippen molar-refractivity contribution in [3.63, 3.8) is 0 Å². The van der Waals surface area contributed by atoms with Gasteiger partial charge in [-0.1, -0.05) is 0 Å². The van der Waals surface area contributed by atoms with E-state index in [4.69, 9.17) is 0 Å². The molecule has 0 aromatic carbocycles. The molecule has 36 valence electrons. The number of rotatable bonds is 0. The molecule has 0 aliphatic rings. The van der Waals surface area contributed by atoms with E-state index in [1.54, 1.807) is 0 Å². The summed E-state index contributed by atoms with van der Waals surface area (Å²) in [6.45, 7) is 0. The molecule has 0 amide bonds. The first-order valence-corrected chi connectivity index (χ1v) is 0. The predicted molar refractivity (Wildman–Crippen MR) is 41.0 cm³/mol. The third kappa shape index (κ3) is 31.3. The van der Waals surface area contributed by atoms with Gasteiger partial charge in [-0.25, -0.2) is 0 Å². The summed E-state index contributed by atoms with van der Waals surface area (Å²) in [6, 6.07) is 0. The minimum absolute atomic E-state index is 0. The molecule has 6 heteroatoms. The van der Waals surface area contributed by atoms with Gasteiger partial charge in [-0.3, -0.25) is 0 Å². The van der Waals surface area contributed by atoms with Crippen molar-refractivity contribution in [2.45, 2.75) is 0 Å². The first-order chi connectivity index (χ1) is 0. The van der Waals surface area contributed by atoms with E-state index in [1.165, 1.54) is 0 Å². The van der Waals surface area contributed by atoms with Crippen LogP contribution in [0.2, 0.25) is 0 Å². The van der Waals surface area contributed by atoms with Gasteiger partial charge in [0.1, 0.15) is 0 Å². The van der Waals surface area contributed by atoms with Crippen LogP contribution in [0, 0.1) is 0 Å². The van der Waals surface area contributed by atoms with E-state index < -0.39 is 0 Å². The summed E-state index contributed by atoms with van der Waals surface area (Å²) >= 11 is 0. The van der Waals surface area contributed by atoms with Crippen LogP contribution in [0.3, 0.4) is 0 Å². The largest absolute Gasteiger partial charge is 3.00 e. The van der Waals surface area contributed by atoms with Crippen LogP contribution in [0.1, 0.15) is 0 Å². The molecule has 0 saturated heterocycles. The molecule has 0 aliphatic heterocycles. The molecule has 0 heterocycles. The molecule has 0 N–H and O–H groups in total. The first-order valence-electron chi connectivity index (χ1n) is 0. The van der Waals surface area contributed by atoms with E-state index in [0.29, 0.717) is 0 Å². The third-order valence-corrected chi connectivity index (χ3v) is 0. The fourth-order valence-corrected chi connectivity index (χ4v) is 0. The Hall–Kier alpha value is 2.52. The minimum Gasteiger partial charge on any atom is -2.00 e. The monoisotopic (exact) mass is 278 g/mol. The summed E-state index contributed by atoms with van der Waals surface area (Å²) in [4.78, 5) is 0. The van der Waals surface area contributed by atoms with Crippen LogP contribution in [-0.2, 0) is 54.0 Å². The van der Waals surface area contributed by atoms with Crippen molar-refractivity contribution < 1.29 is 0 Å². The van der Waals surface area contributed by atoms with E-state index in [9.17, 15) is 0 Å². The molecule has 0 fully saturated rings. The molecular weight excluding hydrogens is 278 g/mol.